The molecule has 1 heterocycles. The van der Waals surface area contributed by atoms with E-state index in [1.807, 2.05) is 19.1 Å². The summed E-state index contributed by atoms with van der Waals surface area (Å²) in [5.41, 5.74) is 2.39. The van der Waals surface area contributed by atoms with Gasteiger partial charge in [0.1, 0.15) is 0 Å². The predicted molar refractivity (Wildman–Crippen MR) is 59.6 cm³/mol. The predicted octanol–water partition coefficient (Wildman–Crippen LogP) is 2.29. The van der Waals surface area contributed by atoms with Crippen molar-refractivity contribution in [2.75, 3.05) is 18.0 Å². The van der Waals surface area contributed by atoms with E-state index in [1.165, 1.54) is 12.8 Å². The number of aryl methyl sites for hydroxylation is 1. The minimum absolute atomic E-state index is 0.401. The van der Waals surface area contributed by atoms with Gasteiger partial charge in [0, 0.05) is 18.8 Å². The van der Waals surface area contributed by atoms with Crippen molar-refractivity contribution in [3.05, 3.63) is 29.3 Å². The summed E-state index contributed by atoms with van der Waals surface area (Å²) in [6.07, 6.45) is 2.47. The van der Waals surface area contributed by atoms with Gasteiger partial charge >= 0.3 is 5.97 Å². The molecule has 0 saturated carbocycles. The Morgan fingerprint density at radius 3 is 2.53 bits per heavy atom. The average molecular weight is 205 g/mol. The Hall–Kier alpha value is -1.51. The number of hydrogen-bond acceptors (Lipinski definition) is 2. The van der Waals surface area contributed by atoms with Gasteiger partial charge in [-0.05, 0) is 43.5 Å². The third-order valence-electron chi connectivity index (χ3n) is 2.91. The molecule has 3 nitrogen and oxygen atoms in total. The van der Waals surface area contributed by atoms with Crippen molar-refractivity contribution >= 4 is 11.7 Å². The topological polar surface area (TPSA) is 40.5 Å². The molecule has 0 unspecified atom stereocenters. The fourth-order valence-corrected chi connectivity index (χ4v) is 2.06. The maximum absolute atomic E-state index is 10.8. The molecule has 1 aliphatic rings. The average Bonchev–Trinajstić information content (AvgIpc) is 2.69. The molecule has 80 valence electrons. The van der Waals surface area contributed by atoms with Crippen molar-refractivity contribution < 1.29 is 9.90 Å². The van der Waals surface area contributed by atoms with E-state index in [-0.39, 0.29) is 0 Å². The first-order chi connectivity index (χ1) is 7.18. The van der Waals surface area contributed by atoms with E-state index in [9.17, 15) is 4.79 Å². The summed E-state index contributed by atoms with van der Waals surface area (Å²) < 4.78 is 0. The first-order valence-corrected chi connectivity index (χ1v) is 5.27. The fraction of sp³-hybridized carbons (Fsp3) is 0.417. The second-order valence-corrected chi connectivity index (χ2v) is 4.00. The van der Waals surface area contributed by atoms with Gasteiger partial charge in [-0.1, -0.05) is 0 Å². The van der Waals surface area contributed by atoms with E-state index in [0.717, 1.165) is 24.3 Å². The van der Waals surface area contributed by atoms with Gasteiger partial charge in [-0.3, -0.25) is 0 Å². The molecule has 0 aromatic heterocycles. The number of nitrogens with zero attached hydrogens (tertiary/aromatic N) is 1. The Kier molecular flexibility index (Phi) is 2.62. The van der Waals surface area contributed by atoms with E-state index >= 15 is 0 Å². The number of carboxylic acid groups (broad SMARTS) is 1. The molecule has 1 aromatic rings. The maximum Gasteiger partial charge on any atom is 0.335 e. The Bertz CT molecular complexity index is 381. The molecular formula is C12H15NO2. The molecular weight excluding hydrogens is 190 g/mol. The largest absolute Gasteiger partial charge is 0.478 e. The Labute approximate surface area is 89.3 Å². The first-order valence-electron chi connectivity index (χ1n) is 5.27. The van der Waals surface area contributed by atoms with Crippen LogP contribution >= 0.6 is 0 Å². The van der Waals surface area contributed by atoms with Crippen molar-refractivity contribution in [3.63, 3.8) is 0 Å². The monoisotopic (exact) mass is 205 g/mol. The highest BCUT2D eigenvalue weighted by atomic mass is 16.4. The molecule has 1 aromatic carbocycles. The highest BCUT2D eigenvalue weighted by Crippen LogP contribution is 2.22. The zero-order valence-electron chi connectivity index (χ0n) is 8.86. The molecule has 0 atom stereocenters. The molecule has 1 aliphatic heterocycles. The van der Waals surface area contributed by atoms with Crippen LogP contribution in [0.1, 0.15) is 28.8 Å². The number of rotatable bonds is 2. The van der Waals surface area contributed by atoms with Crippen molar-refractivity contribution in [3.8, 4) is 0 Å². The molecule has 0 bridgehead atoms. The summed E-state index contributed by atoms with van der Waals surface area (Å²) in [6.45, 7) is 4.03. The van der Waals surface area contributed by atoms with Crippen LogP contribution in [0.25, 0.3) is 0 Å². The lowest BCUT2D eigenvalue weighted by molar-refractivity contribution is 0.0696. The molecule has 2 rings (SSSR count). The SMILES string of the molecule is Cc1cc(N2CCCC2)ccc1C(=O)O. The van der Waals surface area contributed by atoms with Gasteiger partial charge in [-0.2, -0.15) is 0 Å². The highest BCUT2D eigenvalue weighted by Gasteiger charge is 2.14. The molecule has 0 aliphatic carbocycles. The van der Waals surface area contributed by atoms with Crippen LogP contribution in [0.5, 0.6) is 0 Å². The van der Waals surface area contributed by atoms with Crippen molar-refractivity contribution in [1.82, 2.24) is 0 Å². The minimum atomic E-state index is -0.847. The summed E-state index contributed by atoms with van der Waals surface area (Å²) in [4.78, 5) is 13.1. The Morgan fingerprint density at radius 1 is 1.33 bits per heavy atom. The molecule has 1 N–H and O–H groups in total. The van der Waals surface area contributed by atoms with Gasteiger partial charge in [0.2, 0.25) is 0 Å². The van der Waals surface area contributed by atoms with Gasteiger partial charge < -0.3 is 10.0 Å². The van der Waals surface area contributed by atoms with Crippen LogP contribution in [-0.2, 0) is 0 Å². The smallest absolute Gasteiger partial charge is 0.335 e. The number of benzene rings is 1. The lowest BCUT2D eigenvalue weighted by Gasteiger charge is -2.18. The van der Waals surface area contributed by atoms with E-state index in [0.29, 0.717) is 5.56 Å². The number of aromatic carboxylic acids is 1. The number of hydrogen-bond donors (Lipinski definition) is 1. The third-order valence-corrected chi connectivity index (χ3v) is 2.91. The molecule has 1 saturated heterocycles. The number of carbonyl (C=O) groups is 1. The quantitative estimate of drug-likeness (QED) is 0.805. The van der Waals surface area contributed by atoms with Crippen LogP contribution in [0, 0.1) is 6.92 Å². The van der Waals surface area contributed by atoms with Crippen molar-refractivity contribution in [2.45, 2.75) is 19.8 Å². The summed E-state index contributed by atoms with van der Waals surface area (Å²) >= 11 is 0. The van der Waals surface area contributed by atoms with E-state index in [1.54, 1.807) is 6.07 Å². The molecule has 0 spiro atoms. The maximum atomic E-state index is 10.8. The van der Waals surface area contributed by atoms with Crippen LogP contribution in [0.2, 0.25) is 0 Å². The zero-order valence-corrected chi connectivity index (χ0v) is 8.86. The standard InChI is InChI=1S/C12H15NO2/c1-9-8-10(13-6-2-3-7-13)4-5-11(9)12(14)15/h4-5,8H,2-3,6-7H2,1H3,(H,14,15). The first kappa shape index (κ1) is 10.0. The summed E-state index contributed by atoms with van der Waals surface area (Å²) in [5, 5.41) is 8.91. The zero-order chi connectivity index (χ0) is 10.8. The normalized spacial score (nSPS) is 15.7. The number of anilines is 1. The van der Waals surface area contributed by atoms with Gasteiger partial charge in [-0.25, -0.2) is 4.79 Å². The summed E-state index contributed by atoms with van der Waals surface area (Å²) in [6, 6.07) is 5.57. The highest BCUT2D eigenvalue weighted by molar-refractivity contribution is 5.89. The molecule has 0 radical (unpaired) electrons. The van der Waals surface area contributed by atoms with Crippen LogP contribution in [0.3, 0.4) is 0 Å². The van der Waals surface area contributed by atoms with Crippen molar-refractivity contribution in [1.29, 1.82) is 0 Å². The number of carboxylic acids is 1. The molecule has 0 amide bonds. The second-order valence-electron chi connectivity index (χ2n) is 4.00. The van der Waals surface area contributed by atoms with Crippen LogP contribution in [-0.4, -0.2) is 24.2 Å². The molecule has 1 fully saturated rings. The lowest BCUT2D eigenvalue weighted by atomic mass is 10.1. The Morgan fingerprint density at radius 2 is 2.00 bits per heavy atom. The minimum Gasteiger partial charge on any atom is -0.478 e. The van der Waals surface area contributed by atoms with Crippen molar-refractivity contribution in [2.24, 2.45) is 0 Å². The van der Waals surface area contributed by atoms with Crippen LogP contribution in [0.15, 0.2) is 18.2 Å². The van der Waals surface area contributed by atoms with E-state index in [4.69, 9.17) is 5.11 Å². The van der Waals surface area contributed by atoms with E-state index < -0.39 is 5.97 Å². The second kappa shape index (κ2) is 3.93. The van der Waals surface area contributed by atoms with Crippen LogP contribution < -0.4 is 4.90 Å². The summed E-state index contributed by atoms with van der Waals surface area (Å²) in [7, 11) is 0. The lowest BCUT2D eigenvalue weighted by Crippen LogP contribution is -2.17. The van der Waals surface area contributed by atoms with Gasteiger partial charge in [-0.15, -0.1) is 0 Å². The van der Waals surface area contributed by atoms with E-state index in [2.05, 4.69) is 4.90 Å². The Balaban J connectivity index is 2.28. The van der Waals surface area contributed by atoms with Gasteiger partial charge in [0.15, 0.2) is 0 Å². The molecule has 15 heavy (non-hydrogen) atoms. The summed E-state index contributed by atoms with van der Waals surface area (Å²) in [5.74, 6) is -0.847. The van der Waals surface area contributed by atoms with Crippen LogP contribution in [0.4, 0.5) is 5.69 Å². The fourth-order valence-electron chi connectivity index (χ4n) is 2.06. The van der Waals surface area contributed by atoms with Gasteiger partial charge in [0.25, 0.3) is 0 Å². The third kappa shape index (κ3) is 1.96. The van der Waals surface area contributed by atoms with Gasteiger partial charge in [0.05, 0.1) is 5.56 Å². The molecule has 3 heteroatoms.